The molecule has 1 atom stereocenters. The fourth-order valence-electron chi connectivity index (χ4n) is 2.86. The molecule has 1 unspecified atom stereocenters. The molecule has 3 heteroatoms. The maximum absolute atomic E-state index is 9.22. The van der Waals surface area contributed by atoms with Crippen LogP contribution in [0.5, 0.6) is 0 Å². The molecule has 17 heavy (non-hydrogen) atoms. The molecule has 0 bridgehead atoms. The molecule has 0 aromatic rings. The quantitative estimate of drug-likeness (QED) is 0.716. The van der Waals surface area contributed by atoms with Crippen LogP contribution in [-0.4, -0.2) is 42.3 Å². The van der Waals surface area contributed by atoms with E-state index in [4.69, 9.17) is 5.73 Å². The summed E-state index contributed by atoms with van der Waals surface area (Å²) in [6.45, 7) is 7.39. The summed E-state index contributed by atoms with van der Waals surface area (Å²) in [4.78, 5) is 2.48. The number of aliphatic hydroxyl groups is 1. The van der Waals surface area contributed by atoms with Crippen molar-refractivity contribution in [2.24, 2.45) is 17.6 Å². The Bertz CT molecular complexity index is 191. The van der Waals surface area contributed by atoms with Crippen LogP contribution in [0.1, 0.15) is 46.0 Å². The monoisotopic (exact) mass is 242 g/mol. The highest BCUT2D eigenvalue weighted by atomic mass is 16.3. The van der Waals surface area contributed by atoms with Crippen molar-refractivity contribution in [1.29, 1.82) is 0 Å². The molecule has 0 radical (unpaired) electrons. The van der Waals surface area contributed by atoms with Crippen LogP contribution in [0.2, 0.25) is 0 Å². The molecule has 1 saturated carbocycles. The first-order valence-electron chi connectivity index (χ1n) is 7.24. The highest BCUT2D eigenvalue weighted by molar-refractivity contribution is 4.79. The number of hydrogen-bond donors (Lipinski definition) is 2. The van der Waals surface area contributed by atoms with Gasteiger partial charge in [-0.25, -0.2) is 0 Å². The zero-order valence-corrected chi connectivity index (χ0v) is 11.6. The first-order valence-corrected chi connectivity index (χ1v) is 7.24. The van der Waals surface area contributed by atoms with Crippen molar-refractivity contribution in [3.8, 4) is 0 Å². The van der Waals surface area contributed by atoms with Gasteiger partial charge in [0.1, 0.15) is 0 Å². The third-order valence-corrected chi connectivity index (χ3v) is 4.19. The normalized spacial score (nSPS) is 20.1. The van der Waals surface area contributed by atoms with E-state index in [-0.39, 0.29) is 6.61 Å². The first kappa shape index (κ1) is 14.9. The van der Waals surface area contributed by atoms with E-state index >= 15 is 0 Å². The predicted molar refractivity (Wildman–Crippen MR) is 72.9 cm³/mol. The Morgan fingerprint density at radius 3 is 2.35 bits per heavy atom. The van der Waals surface area contributed by atoms with Crippen molar-refractivity contribution >= 4 is 0 Å². The summed E-state index contributed by atoms with van der Waals surface area (Å²) in [6.07, 6.45) is 6.68. The van der Waals surface area contributed by atoms with Gasteiger partial charge >= 0.3 is 0 Å². The first-order chi connectivity index (χ1) is 8.19. The van der Waals surface area contributed by atoms with Crippen molar-refractivity contribution < 1.29 is 5.11 Å². The Morgan fingerprint density at radius 2 is 1.88 bits per heavy atom. The van der Waals surface area contributed by atoms with Crippen molar-refractivity contribution in [3.63, 3.8) is 0 Å². The predicted octanol–water partition coefficient (Wildman–Crippen LogP) is 1.84. The van der Waals surface area contributed by atoms with E-state index < -0.39 is 0 Å². The number of hydrogen-bond acceptors (Lipinski definition) is 3. The van der Waals surface area contributed by atoms with Gasteiger partial charge in [0, 0.05) is 19.1 Å². The zero-order chi connectivity index (χ0) is 12.7. The van der Waals surface area contributed by atoms with Crippen LogP contribution in [0.4, 0.5) is 0 Å². The van der Waals surface area contributed by atoms with Gasteiger partial charge in [0.05, 0.1) is 6.61 Å². The van der Waals surface area contributed by atoms with Crippen LogP contribution in [0.3, 0.4) is 0 Å². The summed E-state index contributed by atoms with van der Waals surface area (Å²) in [5, 5.41) is 9.22. The van der Waals surface area contributed by atoms with Crippen molar-refractivity contribution in [2.45, 2.75) is 52.0 Å². The number of nitrogens with two attached hydrogens (primary N) is 1. The molecule has 1 fully saturated rings. The standard InChI is InChI=1S/C14H30N2O/c1-12(2)13(10-15)11-16(8-9-17)14-6-4-3-5-7-14/h12-14,17H,3-11,15H2,1-2H3. The Morgan fingerprint density at radius 1 is 1.24 bits per heavy atom. The van der Waals surface area contributed by atoms with E-state index in [1.165, 1.54) is 32.1 Å². The second-order valence-corrected chi connectivity index (χ2v) is 5.75. The van der Waals surface area contributed by atoms with Crippen LogP contribution in [0, 0.1) is 11.8 Å². The summed E-state index contributed by atoms with van der Waals surface area (Å²) >= 11 is 0. The van der Waals surface area contributed by atoms with Crippen LogP contribution in [0.15, 0.2) is 0 Å². The molecule has 3 N–H and O–H groups in total. The molecule has 0 aromatic carbocycles. The van der Waals surface area contributed by atoms with Gasteiger partial charge in [-0.2, -0.15) is 0 Å². The number of nitrogens with zero attached hydrogens (tertiary/aromatic N) is 1. The third-order valence-electron chi connectivity index (χ3n) is 4.19. The molecule has 0 amide bonds. The molecule has 0 heterocycles. The third kappa shape index (κ3) is 4.94. The number of aliphatic hydroxyl groups excluding tert-OH is 1. The molecule has 1 rings (SSSR count). The van der Waals surface area contributed by atoms with Crippen LogP contribution >= 0.6 is 0 Å². The lowest BCUT2D eigenvalue weighted by Gasteiger charge is -2.37. The minimum Gasteiger partial charge on any atom is -0.395 e. The zero-order valence-electron chi connectivity index (χ0n) is 11.6. The Balaban J connectivity index is 2.51. The average molecular weight is 242 g/mol. The van der Waals surface area contributed by atoms with Crippen LogP contribution < -0.4 is 5.73 Å². The molecule has 102 valence electrons. The minimum atomic E-state index is 0.270. The maximum Gasteiger partial charge on any atom is 0.0558 e. The Kier molecular flexibility index (Phi) is 7.09. The van der Waals surface area contributed by atoms with Gasteiger partial charge in [-0.3, -0.25) is 4.90 Å². The van der Waals surface area contributed by atoms with Crippen molar-refractivity contribution in [2.75, 3.05) is 26.2 Å². The van der Waals surface area contributed by atoms with E-state index in [1.54, 1.807) is 0 Å². The molecular formula is C14H30N2O. The van der Waals surface area contributed by atoms with E-state index in [9.17, 15) is 5.11 Å². The van der Waals surface area contributed by atoms with Gasteiger partial charge in [0.15, 0.2) is 0 Å². The molecule has 0 saturated heterocycles. The van der Waals surface area contributed by atoms with Crippen LogP contribution in [0.25, 0.3) is 0 Å². The molecular weight excluding hydrogens is 212 g/mol. The summed E-state index contributed by atoms with van der Waals surface area (Å²) < 4.78 is 0. The lowest BCUT2D eigenvalue weighted by atomic mass is 9.91. The summed E-state index contributed by atoms with van der Waals surface area (Å²) in [7, 11) is 0. The highest BCUT2D eigenvalue weighted by Crippen LogP contribution is 2.24. The Labute approximate surface area is 106 Å². The van der Waals surface area contributed by atoms with Crippen LogP contribution in [-0.2, 0) is 0 Å². The van der Waals surface area contributed by atoms with E-state index in [1.807, 2.05) is 0 Å². The molecule has 0 aromatic heterocycles. The molecule has 3 nitrogen and oxygen atoms in total. The van der Waals surface area contributed by atoms with Crippen molar-refractivity contribution in [3.05, 3.63) is 0 Å². The highest BCUT2D eigenvalue weighted by Gasteiger charge is 2.24. The smallest absolute Gasteiger partial charge is 0.0558 e. The fraction of sp³-hybridized carbons (Fsp3) is 1.00. The van der Waals surface area contributed by atoms with E-state index in [2.05, 4.69) is 18.7 Å². The van der Waals surface area contributed by atoms with Gasteiger partial charge < -0.3 is 10.8 Å². The van der Waals surface area contributed by atoms with Crippen molar-refractivity contribution in [1.82, 2.24) is 4.90 Å². The molecule has 0 spiro atoms. The Hall–Kier alpha value is -0.120. The SMILES string of the molecule is CC(C)C(CN)CN(CCO)C1CCCCC1. The van der Waals surface area contributed by atoms with Gasteiger partial charge in [-0.05, 0) is 31.2 Å². The second kappa shape index (κ2) is 8.06. The second-order valence-electron chi connectivity index (χ2n) is 5.75. The average Bonchev–Trinajstić information content (AvgIpc) is 2.35. The van der Waals surface area contributed by atoms with E-state index in [0.717, 1.165) is 19.6 Å². The lowest BCUT2D eigenvalue weighted by Crippen LogP contribution is -2.44. The summed E-state index contributed by atoms with van der Waals surface area (Å²) in [5.41, 5.74) is 5.86. The van der Waals surface area contributed by atoms with Gasteiger partial charge in [0.2, 0.25) is 0 Å². The molecule has 0 aliphatic heterocycles. The lowest BCUT2D eigenvalue weighted by molar-refractivity contribution is 0.0977. The number of rotatable bonds is 7. The van der Waals surface area contributed by atoms with Gasteiger partial charge in [-0.15, -0.1) is 0 Å². The van der Waals surface area contributed by atoms with Gasteiger partial charge in [-0.1, -0.05) is 33.1 Å². The minimum absolute atomic E-state index is 0.270. The topological polar surface area (TPSA) is 49.5 Å². The summed E-state index contributed by atoms with van der Waals surface area (Å²) in [6, 6.07) is 0.684. The maximum atomic E-state index is 9.22. The molecule has 1 aliphatic carbocycles. The van der Waals surface area contributed by atoms with Gasteiger partial charge in [0.25, 0.3) is 0 Å². The largest absolute Gasteiger partial charge is 0.395 e. The summed E-state index contributed by atoms with van der Waals surface area (Å²) in [5.74, 6) is 1.19. The van der Waals surface area contributed by atoms with E-state index in [0.29, 0.717) is 17.9 Å². The molecule has 1 aliphatic rings. The fourth-order valence-corrected chi connectivity index (χ4v) is 2.86.